The Bertz CT molecular complexity index is 4070. The zero-order valence-electron chi connectivity index (χ0n) is 61.0. The van der Waals surface area contributed by atoms with Crippen LogP contribution >= 0.6 is 37.2 Å². The number of alkyl halides is 6. The molecule has 11 rings (SSSR count). The number of fused-ring (bicyclic) bond motifs is 2. The quantitative estimate of drug-likeness (QED) is 0.0353. The molecule has 1 spiro atoms. The van der Waals surface area contributed by atoms with E-state index in [1.165, 1.54) is 34.7 Å². The topological polar surface area (TPSA) is 150 Å². The van der Waals surface area contributed by atoms with Crippen molar-refractivity contribution in [3.63, 3.8) is 0 Å². The third-order valence-corrected chi connectivity index (χ3v) is 21.5. The number of hydrogen-bond acceptors (Lipinski definition) is 10. The summed E-state index contributed by atoms with van der Waals surface area (Å²) in [7, 11) is 5.34. The average Bonchev–Trinajstić information content (AvgIpc) is 1.59. The molecule has 3 heterocycles. The number of piperidine rings is 2. The summed E-state index contributed by atoms with van der Waals surface area (Å²) in [6.45, 7) is 6.66. The number of amides is 5. The van der Waals surface area contributed by atoms with E-state index in [0.29, 0.717) is 120 Å². The highest BCUT2D eigenvalue weighted by Gasteiger charge is 2.50. The van der Waals surface area contributed by atoms with E-state index in [1.807, 2.05) is 121 Å². The fraction of sp³-hybridized carbons (Fsp3) is 0.427. The predicted octanol–water partition coefficient (Wildman–Crippen LogP) is 15.8. The van der Waals surface area contributed by atoms with Crippen molar-refractivity contribution >= 4 is 72.6 Å². The minimum Gasteiger partial charge on any atom is -0.465 e. The predicted molar refractivity (Wildman–Crippen MR) is 409 cm³/mol. The minimum absolute atomic E-state index is 0. The fourth-order valence-corrected chi connectivity index (χ4v) is 15.4. The number of hydrogen-bond donors (Lipinski definition) is 1. The van der Waals surface area contributed by atoms with Crippen LogP contribution in [0.4, 0.5) is 41.2 Å². The number of carbonyl (C=O) groups excluding carboxylic acids is 4. The van der Waals surface area contributed by atoms with Crippen LogP contribution in [-0.4, -0.2) is 188 Å². The van der Waals surface area contributed by atoms with Crippen LogP contribution < -0.4 is 4.90 Å². The molecule has 2 atom stereocenters. The third kappa shape index (κ3) is 21.5. The Morgan fingerprint density at radius 2 is 1.18 bits per heavy atom. The maximum Gasteiger partial charge on any atom is 0.416 e. The molecule has 108 heavy (non-hydrogen) atoms. The Morgan fingerprint density at radius 3 is 1.82 bits per heavy atom. The van der Waals surface area contributed by atoms with Crippen LogP contribution in [0.15, 0.2) is 176 Å². The van der Waals surface area contributed by atoms with E-state index in [1.54, 1.807) is 23.9 Å². The highest BCUT2D eigenvalue weighted by molar-refractivity contribution is 5.96. The first-order valence-corrected chi connectivity index (χ1v) is 36.2. The molecule has 7 aromatic carbocycles. The standard InChI is InChI=1S/C82H93F7N8O8.3ClH/c1-90(75(99)56-104-73-52-63-22-12-14-24-71(63)79(73)37-45-94(46-38-79)47-39-80(65-31-33-68(83)34-32-65)57-96(58-105-80)77(101)64-50-66(81(84,85)86)53-67(51-64)82(87,88)89)40-17-41-92(3)76(100)62-29-27-60(28-30-62)55-95(54-59-18-7-4-8-19-59)42-16-6-11-26-74(98)91(2)48-49-93-43-35-69(36-44-93)97(78(102)103)72-25-15-13-23-70(72)61-20-9-5-10-21-61;;;/h4-5,7-10,12-15,18-25,27-34,50-51,53,69,73H,6,11,16-17,26,35-49,52,54-58H2,1-3H3,(H,102,103);3*1H/t73-,80-;;;/m0.../s1. The second-order valence-electron chi connectivity index (χ2n) is 28.5. The molecule has 582 valence electrons. The van der Waals surface area contributed by atoms with Gasteiger partial charge in [0, 0.05) is 115 Å². The smallest absolute Gasteiger partial charge is 0.416 e. The molecule has 1 aliphatic carbocycles. The maximum absolute atomic E-state index is 14.3. The molecule has 0 unspecified atom stereocenters. The van der Waals surface area contributed by atoms with Gasteiger partial charge < -0.3 is 44.0 Å². The van der Waals surface area contributed by atoms with Crippen molar-refractivity contribution in [2.45, 2.75) is 119 Å². The van der Waals surface area contributed by atoms with Gasteiger partial charge in [-0.05, 0) is 159 Å². The summed E-state index contributed by atoms with van der Waals surface area (Å²) in [6.07, 6.45) is -4.42. The van der Waals surface area contributed by atoms with E-state index < -0.39 is 64.6 Å². The van der Waals surface area contributed by atoms with Gasteiger partial charge >= 0.3 is 18.4 Å². The van der Waals surface area contributed by atoms with E-state index in [-0.39, 0.29) is 92.7 Å². The van der Waals surface area contributed by atoms with Gasteiger partial charge in [-0.2, -0.15) is 26.3 Å². The van der Waals surface area contributed by atoms with Gasteiger partial charge in [-0.1, -0.05) is 134 Å². The monoisotopic (exact) mass is 1560 g/mol. The second kappa shape index (κ2) is 38.5. The molecule has 0 bridgehead atoms. The molecule has 0 radical (unpaired) electrons. The normalized spacial score (nSPS) is 17.3. The van der Waals surface area contributed by atoms with Crippen LogP contribution in [-0.2, 0) is 61.9 Å². The lowest BCUT2D eigenvalue weighted by Crippen LogP contribution is -2.50. The summed E-state index contributed by atoms with van der Waals surface area (Å²) in [5.74, 6) is -1.82. The van der Waals surface area contributed by atoms with Crippen LogP contribution in [0.2, 0.25) is 0 Å². The Morgan fingerprint density at radius 1 is 0.593 bits per heavy atom. The Balaban J connectivity index is 0.00000490. The first-order valence-electron chi connectivity index (χ1n) is 36.2. The lowest BCUT2D eigenvalue weighted by Gasteiger charge is -2.44. The van der Waals surface area contributed by atoms with Crippen molar-refractivity contribution in [1.82, 2.24) is 34.3 Å². The summed E-state index contributed by atoms with van der Waals surface area (Å²) < 4.78 is 110. The number of carboxylic acid groups (broad SMARTS) is 1. The van der Waals surface area contributed by atoms with Gasteiger partial charge in [0.05, 0.1) is 29.5 Å². The van der Waals surface area contributed by atoms with Gasteiger partial charge in [-0.25, -0.2) is 9.18 Å². The van der Waals surface area contributed by atoms with Crippen molar-refractivity contribution in [3.05, 3.63) is 232 Å². The van der Waals surface area contributed by atoms with Crippen LogP contribution in [0, 0.1) is 5.82 Å². The van der Waals surface area contributed by atoms with Crippen LogP contribution in [0.1, 0.15) is 124 Å². The van der Waals surface area contributed by atoms with Gasteiger partial charge in [0.15, 0.2) is 0 Å². The van der Waals surface area contributed by atoms with Crippen molar-refractivity contribution in [2.24, 2.45) is 0 Å². The second-order valence-corrected chi connectivity index (χ2v) is 28.5. The Hall–Kier alpha value is -8.13. The number of para-hydroxylation sites is 1. The summed E-state index contributed by atoms with van der Waals surface area (Å²) in [5, 5.41) is 10.4. The Labute approximate surface area is 646 Å². The van der Waals surface area contributed by atoms with Gasteiger partial charge in [-0.15, -0.1) is 37.2 Å². The van der Waals surface area contributed by atoms with E-state index in [9.17, 15) is 59.8 Å². The van der Waals surface area contributed by atoms with Crippen molar-refractivity contribution in [3.8, 4) is 11.1 Å². The Kier molecular flexibility index (Phi) is 30.5. The van der Waals surface area contributed by atoms with Crippen LogP contribution in [0.5, 0.6) is 0 Å². The van der Waals surface area contributed by atoms with E-state index in [0.717, 1.165) is 84.7 Å². The number of benzene rings is 7. The number of ether oxygens (including phenoxy) is 2. The molecule has 3 fully saturated rings. The molecule has 0 aromatic heterocycles. The molecular weight excluding hydrogens is 1460 g/mol. The molecule has 7 aromatic rings. The number of anilines is 1. The SMILES string of the molecule is CN(CCN1CCC(N(C(=O)O)c2ccccc2-c2ccccc2)CC1)C(=O)CCCCCN(Cc1ccccc1)Cc1ccc(C(=O)N(C)CCCN(C)C(=O)CO[C@H]2Cc3ccccc3C23CCN(CC[C@@]2(c4ccc(F)cc4)CN(C(=O)c4cc(C(F)(F)F)cc(C(F)(F)F)c4)CO2)CC3)cc1.Cl.Cl.Cl. The molecule has 3 saturated heterocycles. The number of unbranched alkanes of at least 4 members (excludes halogenated alkanes) is 2. The number of nitrogens with zero attached hydrogens (tertiary/aromatic N) is 8. The van der Waals surface area contributed by atoms with Gasteiger partial charge in [0.2, 0.25) is 11.8 Å². The summed E-state index contributed by atoms with van der Waals surface area (Å²) in [4.78, 5) is 82.1. The lowest BCUT2D eigenvalue weighted by molar-refractivity contribution is -0.143. The highest BCUT2D eigenvalue weighted by Crippen LogP contribution is 2.49. The minimum atomic E-state index is -5.15. The van der Waals surface area contributed by atoms with Gasteiger partial charge in [-0.3, -0.25) is 29.0 Å². The largest absolute Gasteiger partial charge is 0.465 e. The summed E-state index contributed by atoms with van der Waals surface area (Å²) >= 11 is 0. The number of carbonyl (C=O) groups is 5. The fourth-order valence-electron chi connectivity index (χ4n) is 15.4. The molecule has 5 amide bonds. The van der Waals surface area contributed by atoms with Crippen LogP contribution in [0.25, 0.3) is 11.1 Å². The molecule has 1 N–H and O–H groups in total. The average molecular weight is 1560 g/mol. The molecule has 16 nitrogen and oxygen atoms in total. The van der Waals surface area contributed by atoms with Crippen molar-refractivity contribution < 1.29 is 69.3 Å². The molecule has 0 saturated carbocycles. The molecule has 4 aliphatic rings. The lowest BCUT2D eigenvalue weighted by atomic mass is 9.72. The molecule has 26 heteroatoms. The zero-order chi connectivity index (χ0) is 74.5. The first-order chi connectivity index (χ1) is 50.4. The number of rotatable bonds is 29. The van der Waals surface area contributed by atoms with Crippen molar-refractivity contribution in [2.75, 3.05) is 111 Å². The molecular formula is C82H96Cl3F7N8O8. The number of likely N-dealkylation sites (tertiary alicyclic amines) is 2. The van der Waals surface area contributed by atoms with E-state index in [4.69, 9.17) is 9.47 Å². The third-order valence-electron chi connectivity index (χ3n) is 21.5. The molecule has 3 aliphatic heterocycles. The van der Waals surface area contributed by atoms with E-state index in [2.05, 4.69) is 39.0 Å². The van der Waals surface area contributed by atoms with Crippen LogP contribution in [0.3, 0.4) is 0 Å². The van der Waals surface area contributed by atoms with Crippen molar-refractivity contribution in [1.29, 1.82) is 0 Å². The van der Waals surface area contributed by atoms with Gasteiger partial charge in [0.25, 0.3) is 11.8 Å². The number of likely N-dealkylation sites (N-methyl/N-ethyl adjacent to an activating group) is 2. The summed E-state index contributed by atoms with van der Waals surface area (Å²) in [6, 6.07) is 49.8. The van der Waals surface area contributed by atoms with E-state index >= 15 is 0 Å². The summed E-state index contributed by atoms with van der Waals surface area (Å²) in [5.41, 5.74) is 2.46. The zero-order valence-corrected chi connectivity index (χ0v) is 63.5. The first kappa shape index (κ1) is 85.5. The maximum atomic E-state index is 14.3. The highest BCUT2D eigenvalue weighted by atomic mass is 35.5. The van der Waals surface area contributed by atoms with Gasteiger partial charge in [0.1, 0.15) is 24.8 Å². The number of halogens is 10.